The highest BCUT2D eigenvalue weighted by Gasteiger charge is 2.22. The Morgan fingerprint density at radius 2 is 1.82 bits per heavy atom. The molecule has 4 aromatic rings. The van der Waals surface area contributed by atoms with E-state index in [2.05, 4.69) is 15.6 Å². The lowest BCUT2D eigenvalue weighted by atomic mass is 10.00. The smallest absolute Gasteiger partial charge is 0.251 e. The summed E-state index contributed by atoms with van der Waals surface area (Å²) in [5.41, 5.74) is 3.57. The van der Waals surface area contributed by atoms with Crippen molar-refractivity contribution in [3.63, 3.8) is 0 Å². The Bertz CT molecular complexity index is 1190. The number of amides is 1. The molecule has 6 heteroatoms. The molecule has 0 aliphatic rings. The van der Waals surface area contributed by atoms with Gasteiger partial charge in [-0.1, -0.05) is 48.5 Å². The molecule has 0 aliphatic heterocycles. The van der Waals surface area contributed by atoms with Gasteiger partial charge in [0.2, 0.25) is 0 Å². The lowest BCUT2D eigenvalue weighted by Crippen LogP contribution is -2.48. The molecule has 33 heavy (non-hydrogen) atoms. The minimum atomic E-state index is -0.769. The third-order valence-electron chi connectivity index (χ3n) is 5.71. The highest BCUT2D eigenvalue weighted by molar-refractivity contribution is 5.98. The Hall–Kier alpha value is -3.61. The monoisotopic (exact) mass is 443 g/mol. The first-order valence-electron chi connectivity index (χ1n) is 11.1. The summed E-state index contributed by atoms with van der Waals surface area (Å²) in [6.45, 7) is 0.925. The van der Waals surface area contributed by atoms with Crippen LogP contribution in [0, 0.1) is 0 Å². The maximum Gasteiger partial charge on any atom is 0.251 e. The lowest BCUT2D eigenvalue weighted by molar-refractivity contribution is 0.0830. The van der Waals surface area contributed by atoms with Gasteiger partial charge in [-0.2, -0.15) is 0 Å². The van der Waals surface area contributed by atoms with Crippen LogP contribution in [0.3, 0.4) is 0 Å². The molecule has 0 fully saturated rings. The molecule has 0 radical (unpaired) electrons. The number of carbonyl (C=O) groups excluding carboxylic acids is 1. The van der Waals surface area contributed by atoms with Crippen LogP contribution in [-0.4, -0.2) is 41.8 Å². The number of rotatable bonds is 10. The van der Waals surface area contributed by atoms with E-state index >= 15 is 0 Å². The highest BCUT2D eigenvalue weighted by atomic mass is 16.5. The second-order valence-corrected chi connectivity index (χ2v) is 8.10. The van der Waals surface area contributed by atoms with E-state index in [0.717, 1.165) is 27.8 Å². The molecule has 0 spiro atoms. The maximum atomic E-state index is 13.0. The van der Waals surface area contributed by atoms with Gasteiger partial charge in [-0.05, 0) is 53.3 Å². The molecule has 0 saturated carbocycles. The van der Waals surface area contributed by atoms with Crippen LogP contribution in [0.2, 0.25) is 0 Å². The largest absolute Gasteiger partial charge is 0.497 e. The molecule has 0 bridgehead atoms. The molecule has 2 atom stereocenters. The van der Waals surface area contributed by atoms with Gasteiger partial charge in [-0.15, -0.1) is 0 Å². The zero-order valence-corrected chi connectivity index (χ0v) is 18.6. The van der Waals surface area contributed by atoms with Gasteiger partial charge < -0.3 is 25.5 Å². The number of methoxy groups -OCH3 is 1. The topological polar surface area (TPSA) is 86.4 Å². The highest BCUT2D eigenvalue weighted by Crippen LogP contribution is 2.15. The van der Waals surface area contributed by atoms with Crippen molar-refractivity contribution >= 4 is 16.8 Å². The Morgan fingerprint density at radius 1 is 1.00 bits per heavy atom. The average molecular weight is 444 g/mol. The summed E-state index contributed by atoms with van der Waals surface area (Å²) in [6.07, 6.45) is 1.61. The molecule has 6 nitrogen and oxygen atoms in total. The summed E-state index contributed by atoms with van der Waals surface area (Å²) in [7, 11) is 1.64. The van der Waals surface area contributed by atoms with Crippen LogP contribution in [0.25, 0.3) is 10.9 Å². The van der Waals surface area contributed by atoms with E-state index in [0.29, 0.717) is 25.1 Å². The van der Waals surface area contributed by atoms with Gasteiger partial charge in [0.15, 0.2) is 0 Å². The first-order valence-corrected chi connectivity index (χ1v) is 11.1. The number of aliphatic hydroxyl groups excluding tert-OH is 1. The van der Waals surface area contributed by atoms with Crippen LogP contribution in [0.5, 0.6) is 5.75 Å². The third kappa shape index (κ3) is 6.00. The fourth-order valence-electron chi connectivity index (χ4n) is 3.88. The van der Waals surface area contributed by atoms with Crippen molar-refractivity contribution < 1.29 is 14.6 Å². The Morgan fingerprint density at radius 3 is 2.64 bits per heavy atom. The molecule has 170 valence electrons. The zero-order valence-electron chi connectivity index (χ0n) is 18.6. The molecular formula is C27H29N3O3. The molecular weight excluding hydrogens is 414 g/mol. The van der Waals surface area contributed by atoms with Crippen molar-refractivity contribution in [3.05, 3.63) is 102 Å². The van der Waals surface area contributed by atoms with Crippen LogP contribution in [0.4, 0.5) is 0 Å². The number of hydrogen-bond acceptors (Lipinski definition) is 4. The summed E-state index contributed by atoms with van der Waals surface area (Å²) in [5.74, 6) is 0.586. The number of hydrogen-bond donors (Lipinski definition) is 4. The van der Waals surface area contributed by atoms with Crippen LogP contribution in [0.15, 0.2) is 85.1 Å². The predicted octanol–water partition coefficient (Wildman–Crippen LogP) is 3.67. The molecule has 0 saturated heterocycles. The lowest BCUT2D eigenvalue weighted by Gasteiger charge is -2.25. The number of aliphatic hydroxyl groups is 1. The number of nitrogens with one attached hydrogen (secondary N) is 3. The first-order chi connectivity index (χ1) is 16.1. The summed E-state index contributed by atoms with van der Waals surface area (Å²) >= 11 is 0. The van der Waals surface area contributed by atoms with Crippen molar-refractivity contribution in [2.24, 2.45) is 0 Å². The van der Waals surface area contributed by atoms with Gasteiger partial charge in [0.1, 0.15) is 5.75 Å². The van der Waals surface area contributed by atoms with Gasteiger partial charge in [-0.25, -0.2) is 0 Å². The van der Waals surface area contributed by atoms with Gasteiger partial charge >= 0.3 is 0 Å². The molecule has 0 unspecified atom stereocenters. The Kier molecular flexibility index (Phi) is 7.40. The van der Waals surface area contributed by atoms with Crippen molar-refractivity contribution in [1.29, 1.82) is 0 Å². The van der Waals surface area contributed by atoms with E-state index in [1.54, 1.807) is 13.2 Å². The fraction of sp³-hybridized carbons (Fsp3) is 0.222. The molecule has 1 amide bonds. The number of aromatic nitrogens is 1. The van der Waals surface area contributed by atoms with Gasteiger partial charge in [0.25, 0.3) is 5.91 Å². The predicted molar refractivity (Wildman–Crippen MR) is 130 cm³/mol. The summed E-state index contributed by atoms with van der Waals surface area (Å²) < 4.78 is 5.27. The van der Waals surface area contributed by atoms with E-state index in [4.69, 9.17) is 4.74 Å². The van der Waals surface area contributed by atoms with Gasteiger partial charge in [0, 0.05) is 30.4 Å². The molecule has 1 heterocycles. The SMILES string of the molecule is COc1cccc(CNC[C@@H](O)[C@H](Cc2ccccc2)NC(=O)c2ccc3cc[nH]c3c2)c1. The average Bonchev–Trinajstić information content (AvgIpc) is 3.32. The molecule has 4 N–H and O–H groups in total. The number of fused-ring (bicyclic) bond motifs is 1. The Labute approximate surface area is 193 Å². The number of carbonyl (C=O) groups is 1. The quantitative estimate of drug-likeness (QED) is 0.301. The standard InChI is InChI=1S/C27H29N3O3/c1-33-23-9-5-8-20(14-23)17-28-18-26(31)25(15-19-6-3-2-4-7-19)30-27(32)22-11-10-21-12-13-29-24(21)16-22/h2-14,16,25-26,28-29,31H,15,17-18H2,1H3,(H,30,32)/t25-,26+/m0/s1. The second-order valence-electron chi connectivity index (χ2n) is 8.10. The van der Waals surface area contributed by atoms with E-state index < -0.39 is 12.1 Å². The van der Waals surface area contributed by atoms with Crippen molar-refractivity contribution in [2.45, 2.75) is 25.1 Å². The number of aromatic amines is 1. The maximum absolute atomic E-state index is 13.0. The molecule has 1 aromatic heterocycles. The Balaban J connectivity index is 1.43. The fourth-order valence-corrected chi connectivity index (χ4v) is 3.88. The van der Waals surface area contributed by atoms with Crippen molar-refractivity contribution in [2.75, 3.05) is 13.7 Å². The van der Waals surface area contributed by atoms with Gasteiger partial charge in [-0.3, -0.25) is 4.79 Å². The summed E-state index contributed by atoms with van der Waals surface area (Å²) in [6, 6.07) is 24.7. The van der Waals surface area contributed by atoms with Crippen LogP contribution in [-0.2, 0) is 13.0 Å². The first kappa shape index (κ1) is 22.6. The van der Waals surface area contributed by atoms with Gasteiger partial charge in [0.05, 0.1) is 19.3 Å². The normalized spacial score (nSPS) is 12.9. The molecule has 4 rings (SSSR count). The number of benzene rings is 3. The van der Waals surface area contributed by atoms with Crippen LogP contribution in [0.1, 0.15) is 21.5 Å². The minimum absolute atomic E-state index is 0.209. The van der Waals surface area contributed by atoms with E-state index in [1.807, 2.05) is 79.0 Å². The van der Waals surface area contributed by atoms with Crippen LogP contribution >= 0.6 is 0 Å². The van der Waals surface area contributed by atoms with Crippen molar-refractivity contribution in [3.8, 4) is 5.75 Å². The van der Waals surface area contributed by atoms with E-state index in [9.17, 15) is 9.90 Å². The third-order valence-corrected chi connectivity index (χ3v) is 5.71. The summed E-state index contributed by atoms with van der Waals surface area (Å²) in [5, 5.41) is 18.4. The zero-order chi connectivity index (χ0) is 23.0. The van der Waals surface area contributed by atoms with Crippen molar-refractivity contribution in [1.82, 2.24) is 15.6 Å². The number of H-pyrrole nitrogens is 1. The minimum Gasteiger partial charge on any atom is -0.497 e. The van der Waals surface area contributed by atoms with E-state index in [1.165, 1.54) is 0 Å². The van der Waals surface area contributed by atoms with Crippen LogP contribution < -0.4 is 15.4 Å². The second kappa shape index (κ2) is 10.8. The van der Waals surface area contributed by atoms with E-state index in [-0.39, 0.29) is 5.91 Å². The molecule has 0 aliphatic carbocycles. The number of ether oxygens (including phenoxy) is 1. The molecule has 3 aromatic carbocycles. The summed E-state index contributed by atoms with van der Waals surface area (Å²) in [4.78, 5) is 16.1.